The molecule has 164 valence electrons. The largest absolute Gasteiger partial charge is 0.415 e. The van der Waals surface area contributed by atoms with Crippen molar-refractivity contribution in [2.24, 2.45) is 0 Å². The van der Waals surface area contributed by atoms with E-state index in [9.17, 15) is 8.78 Å². The van der Waals surface area contributed by atoms with E-state index in [0.29, 0.717) is 18.2 Å². The molecular weight excluding hydrogens is 414 g/mol. The molecule has 2 aromatic carbocycles. The van der Waals surface area contributed by atoms with Gasteiger partial charge in [0.15, 0.2) is 0 Å². The van der Waals surface area contributed by atoms with E-state index in [4.69, 9.17) is 4.42 Å². The Morgan fingerprint density at radius 2 is 1.81 bits per heavy atom. The number of alkyl halides is 2. The van der Waals surface area contributed by atoms with Gasteiger partial charge in [-0.15, -0.1) is 15.3 Å². The van der Waals surface area contributed by atoms with Gasteiger partial charge in [-0.1, -0.05) is 35.5 Å². The van der Waals surface area contributed by atoms with Crippen LogP contribution in [0.4, 0.5) is 8.78 Å². The molecule has 0 unspecified atom stereocenters. The first-order valence-electron chi connectivity index (χ1n) is 10.4. The van der Waals surface area contributed by atoms with E-state index in [1.807, 2.05) is 18.3 Å². The lowest BCUT2D eigenvalue weighted by molar-refractivity contribution is 0.116. The molecule has 0 spiro atoms. The molecule has 7 nitrogen and oxygen atoms in total. The van der Waals surface area contributed by atoms with Crippen LogP contribution in [0.1, 0.15) is 42.9 Å². The zero-order valence-corrected chi connectivity index (χ0v) is 17.7. The summed E-state index contributed by atoms with van der Waals surface area (Å²) in [5.74, 6) is -0.605. The number of halogens is 2. The minimum Gasteiger partial charge on any atom is -0.415 e. The lowest BCUT2D eigenvalue weighted by atomic mass is 10.0. The van der Waals surface area contributed by atoms with Crippen LogP contribution in [-0.4, -0.2) is 36.1 Å². The van der Waals surface area contributed by atoms with Crippen molar-refractivity contribution in [3.63, 3.8) is 0 Å². The second kappa shape index (κ2) is 8.23. The zero-order chi connectivity index (χ0) is 22.2. The van der Waals surface area contributed by atoms with Crippen LogP contribution in [0.25, 0.3) is 22.7 Å². The van der Waals surface area contributed by atoms with Gasteiger partial charge < -0.3 is 4.42 Å². The lowest BCUT2D eigenvalue weighted by Crippen LogP contribution is -2.24. The highest BCUT2D eigenvalue weighted by molar-refractivity contribution is 5.65. The molecule has 4 aromatic rings. The van der Waals surface area contributed by atoms with Gasteiger partial charge in [0.1, 0.15) is 5.69 Å². The quantitative estimate of drug-likeness (QED) is 0.436. The summed E-state index contributed by atoms with van der Waals surface area (Å²) in [6.07, 6.45) is -0.828. The Morgan fingerprint density at radius 3 is 2.53 bits per heavy atom. The lowest BCUT2D eigenvalue weighted by Gasteiger charge is -2.19. The summed E-state index contributed by atoms with van der Waals surface area (Å²) >= 11 is 0. The Balaban J connectivity index is 1.32. The molecule has 0 fully saturated rings. The molecule has 0 aliphatic carbocycles. The van der Waals surface area contributed by atoms with E-state index in [1.54, 1.807) is 16.8 Å². The molecule has 32 heavy (non-hydrogen) atoms. The fourth-order valence-electron chi connectivity index (χ4n) is 3.93. The van der Waals surface area contributed by atoms with Crippen molar-refractivity contribution in [1.82, 2.24) is 30.1 Å². The topological polar surface area (TPSA) is 72.9 Å². The van der Waals surface area contributed by atoms with Crippen molar-refractivity contribution < 1.29 is 13.2 Å². The summed E-state index contributed by atoms with van der Waals surface area (Å²) in [7, 11) is 0. The van der Waals surface area contributed by atoms with Gasteiger partial charge >= 0.3 is 6.43 Å². The first-order chi connectivity index (χ1) is 15.5. The Bertz CT molecular complexity index is 1230. The Labute approximate surface area is 183 Å². The molecule has 5 rings (SSSR count). The van der Waals surface area contributed by atoms with Crippen molar-refractivity contribution >= 4 is 0 Å². The van der Waals surface area contributed by atoms with Crippen LogP contribution in [0.15, 0.2) is 53.1 Å². The van der Waals surface area contributed by atoms with E-state index in [2.05, 4.69) is 57.5 Å². The van der Waals surface area contributed by atoms with Gasteiger partial charge in [0.25, 0.3) is 5.89 Å². The van der Waals surface area contributed by atoms with Gasteiger partial charge in [-0.05, 0) is 42.7 Å². The molecule has 0 bridgehead atoms. The molecule has 0 amide bonds. The van der Waals surface area contributed by atoms with Gasteiger partial charge in [0, 0.05) is 30.3 Å². The van der Waals surface area contributed by atoms with Crippen LogP contribution in [0.2, 0.25) is 0 Å². The minimum atomic E-state index is -2.78. The van der Waals surface area contributed by atoms with Crippen molar-refractivity contribution in [3.8, 4) is 22.7 Å². The Hall–Kier alpha value is -3.46. The highest BCUT2D eigenvalue weighted by Crippen LogP contribution is 2.32. The number of hydrogen-bond donors (Lipinski definition) is 0. The van der Waals surface area contributed by atoms with Gasteiger partial charge in [-0.3, -0.25) is 4.90 Å². The predicted octanol–water partition coefficient (Wildman–Crippen LogP) is 4.71. The third kappa shape index (κ3) is 3.91. The predicted molar refractivity (Wildman–Crippen MR) is 114 cm³/mol. The fraction of sp³-hybridized carbons (Fsp3) is 0.304. The summed E-state index contributed by atoms with van der Waals surface area (Å²) < 4.78 is 32.1. The molecule has 0 saturated heterocycles. The van der Waals surface area contributed by atoms with Crippen molar-refractivity contribution in [3.05, 3.63) is 71.2 Å². The molecule has 1 aliphatic heterocycles. The molecule has 0 atom stereocenters. The van der Waals surface area contributed by atoms with Crippen molar-refractivity contribution in [2.75, 3.05) is 0 Å². The third-order valence-electron chi connectivity index (χ3n) is 5.73. The Morgan fingerprint density at radius 1 is 1.00 bits per heavy atom. The summed E-state index contributed by atoms with van der Waals surface area (Å²) in [6, 6.07) is 14.1. The molecule has 0 saturated carbocycles. The van der Waals surface area contributed by atoms with E-state index >= 15 is 0 Å². The number of aromatic nitrogens is 5. The molecule has 3 heterocycles. The van der Waals surface area contributed by atoms with E-state index in [-0.39, 0.29) is 5.89 Å². The van der Waals surface area contributed by atoms with Crippen molar-refractivity contribution in [2.45, 2.75) is 45.9 Å². The molecule has 9 heteroatoms. The summed E-state index contributed by atoms with van der Waals surface area (Å²) in [5, 5.41) is 15.7. The summed E-state index contributed by atoms with van der Waals surface area (Å²) in [5.41, 5.74) is 6.22. The first-order valence-corrected chi connectivity index (χ1v) is 10.4. The minimum absolute atomic E-state index is 0.0725. The van der Waals surface area contributed by atoms with Crippen LogP contribution in [-0.2, 0) is 19.6 Å². The van der Waals surface area contributed by atoms with Crippen LogP contribution in [0.5, 0.6) is 0 Å². The number of nitrogens with zero attached hydrogens (tertiary/aromatic N) is 6. The fourth-order valence-corrected chi connectivity index (χ4v) is 3.93. The van der Waals surface area contributed by atoms with Gasteiger partial charge in [0.2, 0.25) is 5.89 Å². The second-order valence-electron chi connectivity index (χ2n) is 8.19. The molecule has 0 N–H and O–H groups in total. The number of benzene rings is 2. The maximum absolute atomic E-state index is 12.6. The highest BCUT2D eigenvalue weighted by atomic mass is 19.3. The third-order valence-corrected chi connectivity index (χ3v) is 5.73. The van der Waals surface area contributed by atoms with E-state index in [0.717, 1.165) is 29.9 Å². The first kappa shape index (κ1) is 20.4. The van der Waals surface area contributed by atoms with Gasteiger partial charge in [-0.2, -0.15) is 8.78 Å². The number of rotatable bonds is 6. The van der Waals surface area contributed by atoms with Crippen LogP contribution in [0, 0.1) is 0 Å². The maximum atomic E-state index is 12.6. The van der Waals surface area contributed by atoms with Crippen LogP contribution in [0.3, 0.4) is 0 Å². The highest BCUT2D eigenvalue weighted by Gasteiger charge is 2.24. The Kier molecular flexibility index (Phi) is 5.26. The van der Waals surface area contributed by atoms with Crippen molar-refractivity contribution in [1.29, 1.82) is 0 Å². The second-order valence-corrected chi connectivity index (χ2v) is 8.19. The molecule has 2 aromatic heterocycles. The molecule has 0 radical (unpaired) electrons. The average molecular weight is 436 g/mol. The maximum Gasteiger partial charge on any atom is 0.314 e. The van der Waals surface area contributed by atoms with Crippen LogP contribution < -0.4 is 0 Å². The van der Waals surface area contributed by atoms with E-state index in [1.165, 1.54) is 11.1 Å². The monoisotopic (exact) mass is 436 g/mol. The molecular formula is C23H22F2N6O. The normalized spacial score (nSPS) is 13.9. The standard InChI is InChI=1S/C23H22F2N6O/c1-14(2)30-11-17-4-3-5-18(19(17)12-30)20-13-31(29-26-20)10-15-6-8-16(9-7-15)22-27-28-23(32-22)21(24)25/h3-9,13-14,21H,10-12H2,1-2H3. The number of hydrogen-bond acceptors (Lipinski definition) is 6. The summed E-state index contributed by atoms with van der Waals surface area (Å²) in [4.78, 5) is 2.44. The molecule has 1 aliphatic rings. The smallest absolute Gasteiger partial charge is 0.314 e. The van der Waals surface area contributed by atoms with Gasteiger partial charge in [0.05, 0.1) is 12.7 Å². The average Bonchev–Trinajstić information content (AvgIpc) is 3.53. The zero-order valence-electron chi connectivity index (χ0n) is 17.7. The van der Waals surface area contributed by atoms with E-state index < -0.39 is 12.3 Å². The number of fused-ring (bicyclic) bond motifs is 1. The van der Waals surface area contributed by atoms with Gasteiger partial charge in [-0.25, -0.2) is 4.68 Å². The summed E-state index contributed by atoms with van der Waals surface area (Å²) in [6.45, 7) is 6.83. The van der Waals surface area contributed by atoms with Crippen LogP contribution >= 0.6 is 0 Å². The SMILES string of the molecule is CC(C)N1Cc2cccc(-c3cn(Cc4ccc(-c5nnc(C(F)F)o5)cc4)nn3)c2C1.